The fourth-order valence-electron chi connectivity index (χ4n) is 1.74. The van der Waals surface area contributed by atoms with Crippen LogP contribution in [0, 0.1) is 11.2 Å². The lowest BCUT2D eigenvalue weighted by molar-refractivity contribution is -0.139. The van der Waals surface area contributed by atoms with E-state index in [-0.39, 0.29) is 28.6 Å². The highest BCUT2D eigenvalue weighted by Crippen LogP contribution is 2.29. The number of aliphatic carboxylic acids is 1. The summed E-state index contributed by atoms with van der Waals surface area (Å²) in [6, 6.07) is 2.48. The predicted molar refractivity (Wildman–Crippen MR) is 75.7 cm³/mol. The molecular weight excluding hydrogens is 308 g/mol. The van der Waals surface area contributed by atoms with Crippen LogP contribution in [0.25, 0.3) is 0 Å². The minimum Gasteiger partial charge on any atom is -0.481 e. The molecule has 0 aliphatic rings. The average Bonchev–Trinajstić information content (AvgIpc) is 2.22. The molecule has 0 unspecified atom stereocenters. The number of carbonyl (C=O) groups excluding carboxylic acids is 1. The van der Waals surface area contributed by atoms with Crippen molar-refractivity contribution in [2.45, 2.75) is 26.7 Å². The molecule has 0 fully saturated rings. The maximum absolute atomic E-state index is 13.2. The van der Waals surface area contributed by atoms with Gasteiger partial charge in [-0.3, -0.25) is 9.59 Å². The first-order chi connectivity index (χ1) is 9.10. The smallest absolute Gasteiger partial charge is 0.303 e. The average molecular weight is 322 g/mol. The summed E-state index contributed by atoms with van der Waals surface area (Å²) in [5.41, 5.74) is -0.429. The van der Waals surface area contributed by atoms with E-state index in [9.17, 15) is 14.0 Å². The molecule has 20 heavy (non-hydrogen) atoms. The fourth-order valence-corrected chi connectivity index (χ4v) is 2.23. The van der Waals surface area contributed by atoms with Gasteiger partial charge >= 0.3 is 5.97 Å². The molecule has 0 aromatic heterocycles. The lowest BCUT2D eigenvalue weighted by Crippen LogP contribution is -2.24. The molecule has 0 saturated heterocycles. The van der Waals surface area contributed by atoms with Crippen molar-refractivity contribution in [3.8, 4) is 0 Å². The Kier molecular flexibility index (Phi) is 5.36. The number of carboxylic acids is 1. The highest BCUT2D eigenvalue weighted by atomic mass is 35.5. The Morgan fingerprint density at radius 3 is 2.20 bits per heavy atom. The third-order valence-electron chi connectivity index (χ3n) is 2.54. The maximum Gasteiger partial charge on any atom is 0.303 e. The molecular formula is C13H14Cl2FNO3. The Morgan fingerprint density at radius 2 is 1.75 bits per heavy atom. The van der Waals surface area contributed by atoms with Crippen LogP contribution in [0.1, 0.15) is 26.7 Å². The third kappa shape index (κ3) is 4.98. The molecule has 7 heteroatoms. The van der Waals surface area contributed by atoms with E-state index >= 15 is 0 Å². The molecule has 2 N–H and O–H groups in total. The van der Waals surface area contributed by atoms with E-state index in [2.05, 4.69) is 5.32 Å². The number of nitrogens with one attached hydrogen (secondary N) is 1. The summed E-state index contributed by atoms with van der Waals surface area (Å²) >= 11 is 11.2. The van der Waals surface area contributed by atoms with E-state index < -0.39 is 23.1 Å². The van der Waals surface area contributed by atoms with E-state index in [0.717, 1.165) is 0 Å². The highest BCUT2D eigenvalue weighted by molar-refractivity contribution is 6.35. The first-order valence-corrected chi connectivity index (χ1v) is 6.52. The van der Waals surface area contributed by atoms with Crippen LogP contribution in [0.5, 0.6) is 0 Å². The molecule has 0 aliphatic carbocycles. The van der Waals surface area contributed by atoms with Crippen LogP contribution in [-0.4, -0.2) is 17.0 Å². The van der Waals surface area contributed by atoms with Crippen LogP contribution in [0.2, 0.25) is 10.0 Å². The molecule has 4 nitrogen and oxygen atoms in total. The van der Waals surface area contributed by atoms with Gasteiger partial charge in [-0.1, -0.05) is 37.0 Å². The predicted octanol–water partition coefficient (Wildman–Crippen LogP) is 3.96. The van der Waals surface area contributed by atoms with Gasteiger partial charge in [0.05, 0.1) is 16.5 Å². The molecule has 1 aromatic carbocycles. The molecule has 1 amide bonds. The molecule has 0 bridgehead atoms. The van der Waals surface area contributed by atoms with Crippen LogP contribution in [-0.2, 0) is 9.59 Å². The van der Waals surface area contributed by atoms with Crippen LogP contribution in [0.4, 0.5) is 10.1 Å². The summed E-state index contributed by atoms with van der Waals surface area (Å²) in [6.45, 7) is 3.34. The number of hydrogen-bond acceptors (Lipinski definition) is 2. The van der Waals surface area contributed by atoms with Gasteiger partial charge in [-0.25, -0.2) is 4.39 Å². The lowest BCUT2D eigenvalue weighted by Gasteiger charge is -2.21. The van der Waals surface area contributed by atoms with Gasteiger partial charge in [0, 0.05) is 12.1 Å². The minimum atomic E-state index is -0.976. The lowest BCUT2D eigenvalue weighted by atomic mass is 9.85. The third-order valence-corrected chi connectivity index (χ3v) is 3.09. The van der Waals surface area contributed by atoms with Gasteiger partial charge in [0.15, 0.2) is 5.82 Å². The molecule has 0 aliphatic heterocycles. The van der Waals surface area contributed by atoms with Gasteiger partial charge < -0.3 is 10.4 Å². The van der Waals surface area contributed by atoms with Crippen LogP contribution in [0.15, 0.2) is 12.1 Å². The zero-order chi connectivity index (χ0) is 15.5. The van der Waals surface area contributed by atoms with E-state index in [1.54, 1.807) is 13.8 Å². The normalized spacial score (nSPS) is 11.2. The van der Waals surface area contributed by atoms with Crippen LogP contribution < -0.4 is 5.32 Å². The standard InChI is InChI=1S/C13H14Cl2FNO3/c1-13(2,6-11(19)20)5-10(18)17-7-3-8(14)12(16)9(15)4-7/h3-4H,5-6H2,1-2H3,(H,17,18)(H,19,20). The van der Waals surface area contributed by atoms with E-state index in [1.165, 1.54) is 12.1 Å². The van der Waals surface area contributed by atoms with Crippen LogP contribution >= 0.6 is 23.2 Å². The molecule has 0 atom stereocenters. The van der Waals surface area contributed by atoms with Gasteiger partial charge in [-0.2, -0.15) is 0 Å². The number of carboxylic acid groups (broad SMARTS) is 1. The quantitative estimate of drug-likeness (QED) is 0.806. The highest BCUT2D eigenvalue weighted by Gasteiger charge is 2.25. The first kappa shape index (κ1) is 16.7. The summed E-state index contributed by atoms with van der Waals surface area (Å²) in [5.74, 6) is -2.12. The Bertz CT molecular complexity index is 523. The molecule has 1 aromatic rings. The van der Waals surface area contributed by atoms with Crippen molar-refractivity contribution in [2.24, 2.45) is 5.41 Å². The number of rotatable bonds is 5. The van der Waals surface area contributed by atoms with Crippen molar-refractivity contribution < 1.29 is 19.1 Å². The fraction of sp³-hybridized carbons (Fsp3) is 0.385. The summed E-state index contributed by atoms with van der Waals surface area (Å²) in [5, 5.41) is 10.9. The second-order valence-electron chi connectivity index (χ2n) is 5.21. The van der Waals surface area contributed by atoms with Gasteiger partial charge in [0.1, 0.15) is 0 Å². The maximum atomic E-state index is 13.2. The summed E-state index contributed by atoms with van der Waals surface area (Å²) in [4.78, 5) is 22.5. The molecule has 0 heterocycles. The Hall–Kier alpha value is -1.33. The second-order valence-corrected chi connectivity index (χ2v) is 6.03. The number of carbonyl (C=O) groups is 2. The Morgan fingerprint density at radius 1 is 1.25 bits per heavy atom. The van der Waals surface area contributed by atoms with Crippen molar-refractivity contribution in [1.29, 1.82) is 0 Å². The molecule has 0 saturated carbocycles. The topological polar surface area (TPSA) is 66.4 Å². The minimum absolute atomic E-state index is 0.00587. The van der Waals surface area contributed by atoms with Crippen molar-refractivity contribution in [3.63, 3.8) is 0 Å². The zero-order valence-electron chi connectivity index (χ0n) is 11.0. The number of amides is 1. The van der Waals surface area contributed by atoms with Gasteiger partial charge in [-0.05, 0) is 17.5 Å². The van der Waals surface area contributed by atoms with Crippen molar-refractivity contribution in [2.75, 3.05) is 5.32 Å². The zero-order valence-corrected chi connectivity index (χ0v) is 12.5. The molecule has 0 spiro atoms. The first-order valence-electron chi connectivity index (χ1n) is 5.77. The number of anilines is 1. The largest absolute Gasteiger partial charge is 0.481 e. The van der Waals surface area contributed by atoms with Crippen molar-refractivity contribution in [3.05, 3.63) is 28.0 Å². The van der Waals surface area contributed by atoms with Gasteiger partial charge in [0.25, 0.3) is 0 Å². The summed E-state index contributed by atoms with van der Waals surface area (Å²) in [7, 11) is 0. The van der Waals surface area contributed by atoms with E-state index in [1.807, 2.05) is 0 Å². The van der Waals surface area contributed by atoms with Gasteiger partial charge in [0.2, 0.25) is 5.91 Å². The van der Waals surface area contributed by atoms with Gasteiger partial charge in [-0.15, -0.1) is 0 Å². The van der Waals surface area contributed by atoms with Crippen LogP contribution in [0.3, 0.4) is 0 Å². The van der Waals surface area contributed by atoms with E-state index in [0.29, 0.717) is 0 Å². The Labute approximate surface area is 125 Å². The molecule has 0 radical (unpaired) electrons. The number of hydrogen-bond donors (Lipinski definition) is 2. The molecule has 110 valence electrons. The Balaban J connectivity index is 2.74. The van der Waals surface area contributed by atoms with E-state index in [4.69, 9.17) is 28.3 Å². The van der Waals surface area contributed by atoms with Crippen molar-refractivity contribution >= 4 is 40.8 Å². The number of halogens is 3. The SMILES string of the molecule is CC(C)(CC(=O)O)CC(=O)Nc1cc(Cl)c(F)c(Cl)c1. The second kappa shape index (κ2) is 6.41. The van der Waals surface area contributed by atoms with Crippen molar-refractivity contribution in [1.82, 2.24) is 0 Å². The summed E-state index contributed by atoms with van der Waals surface area (Å²) < 4.78 is 13.2. The molecule has 1 rings (SSSR count). The number of benzene rings is 1. The monoisotopic (exact) mass is 321 g/mol. The summed E-state index contributed by atoms with van der Waals surface area (Å²) in [6.07, 6.45) is -0.128.